The molecule has 1 aliphatic rings. The first-order chi connectivity index (χ1) is 12.0. The maximum Gasteiger partial charge on any atom is 0.253 e. The second-order valence-corrected chi connectivity index (χ2v) is 6.62. The average Bonchev–Trinajstić information content (AvgIpc) is 2.60. The summed E-state index contributed by atoms with van der Waals surface area (Å²) in [4.78, 5) is 33.0. The van der Waals surface area contributed by atoms with Crippen LogP contribution in [-0.2, 0) is 6.54 Å². The van der Waals surface area contributed by atoms with Crippen LogP contribution in [0, 0.1) is 6.92 Å². The molecule has 2 N–H and O–H groups in total. The van der Waals surface area contributed by atoms with Gasteiger partial charge in [0.05, 0.1) is 22.8 Å². The summed E-state index contributed by atoms with van der Waals surface area (Å²) in [5.74, 6) is 0.241. The topological polar surface area (TPSA) is 78.1 Å². The monoisotopic (exact) mass is 360 g/mol. The number of carbonyl (C=O) groups excluding carboxylic acids is 1. The van der Waals surface area contributed by atoms with Crippen molar-refractivity contribution < 1.29 is 4.79 Å². The van der Waals surface area contributed by atoms with E-state index in [1.807, 2.05) is 12.1 Å². The van der Waals surface area contributed by atoms with Crippen molar-refractivity contribution in [2.45, 2.75) is 32.7 Å². The number of carbonyl (C=O) groups is 1. The number of anilines is 1. The molecule has 6 nitrogen and oxygen atoms in total. The fourth-order valence-electron chi connectivity index (χ4n) is 3.03. The molecule has 1 saturated heterocycles. The number of piperidine rings is 1. The number of aromatic nitrogens is 2. The Bertz CT molecular complexity index is 828. The lowest BCUT2D eigenvalue weighted by Gasteiger charge is -2.29. The molecule has 0 bridgehead atoms. The summed E-state index contributed by atoms with van der Waals surface area (Å²) in [6.45, 7) is 3.87. The molecule has 0 aliphatic carbocycles. The number of benzene rings is 1. The van der Waals surface area contributed by atoms with Crippen molar-refractivity contribution in [3.63, 3.8) is 0 Å². The molecule has 0 atom stereocenters. The zero-order valence-electron chi connectivity index (χ0n) is 14.1. The summed E-state index contributed by atoms with van der Waals surface area (Å²) in [6, 6.07) is 6.92. The Morgan fingerprint density at radius 3 is 2.76 bits per heavy atom. The van der Waals surface area contributed by atoms with E-state index in [-0.39, 0.29) is 18.0 Å². The van der Waals surface area contributed by atoms with Gasteiger partial charge >= 0.3 is 0 Å². The Kier molecular flexibility index (Phi) is 5.38. The lowest BCUT2D eigenvalue weighted by molar-refractivity contribution is 0.0950. The molecule has 1 fully saturated rings. The van der Waals surface area contributed by atoms with Gasteiger partial charge in [0.1, 0.15) is 5.82 Å². The molecule has 1 aliphatic heterocycles. The number of rotatable bonds is 4. The van der Waals surface area contributed by atoms with Crippen molar-refractivity contribution in [1.82, 2.24) is 15.3 Å². The second-order valence-electron chi connectivity index (χ2n) is 6.22. The van der Waals surface area contributed by atoms with E-state index in [2.05, 4.69) is 20.2 Å². The zero-order valence-corrected chi connectivity index (χ0v) is 14.9. The molecule has 1 amide bonds. The molecule has 132 valence electrons. The van der Waals surface area contributed by atoms with Crippen molar-refractivity contribution in [1.29, 1.82) is 0 Å². The highest BCUT2D eigenvalue weighted by Crippen LogP contribution is 2.25. The number of hydrogen-bond acceptors (Lipinski definition) is 4. The van der Waals surface area contributed by atoms with Crippen molar-refractivity contribution in [2.24, 2.45) is 0 Å². The smallest absolute Gasteiger partial charge is 0.253 e. The number of H-pyrrole nitrogens is 1. The predicted molar refractivity (Wildman–Crippen MR) is 98.3 cm³/mol. The lowest BCUT2D eigenvalue weighted by atomic mass is 10.1. The minimum Gasteiger partial charge on any atom is -0.372 e. The van der Waals surface area contributed by atoms with E-state index < -0.39 is 0 Å². The molecule has 0 unspecified atom stereocenters. The van der Waals surface area contributed by atoms with E-state index in [0.29, 0.717) is 22.1 Å². The molecular formula is C18H21ClN4O2. The summed E-state index contributed by atoms with van der Waals surface area (Å²) in [6.07, 6.45) is 3.58. The van der Waals surface area contributed by atoms with Gasteiger partial charge in [0.15, 0.2) is 0 Å². The molecule has 0 spiro atoms. The third-order valence-corrected chi connectivity index (χ3v) is 4.59. The first kappa shape index (κ1) is 17.5. The molecule has 0 radical (unpaired) electrons. The van der Waals surface area contributed by atoms with Crippen LogP contribution in [0.15, 0.2) is 29.1 Å². The van der Waals surface area contributed by atoms with E-state index in [9.17, 15) is 9.59 Å². The highest BCUT2D eigenvalue weighted by atomic mass is 35.5. The largest absolute Gasteiger partial charge is 0.372 e. The number of hydrogen-bond donors (Lipinski definition) is 2. The van der Waals surface area contributed by atoms with Gasteiger partial charge in [-0.05, 0) is 44.4 Å². The van der Waals surface area contributed by atoms with Gasteiger partial charge in [-0.2, -0.15) is 0 Å². The van der Waals surface area contributed by atoms with Gasteiger partial charge in [0, 0.05) is 24.8 Å². The fourth-order valence-corrected chi connectivity index (χ4v) is 3.24. The van der Waals surface area contributed by atoms with Crippen molar-refractivity contribution >= 4 is 23.2 Å². The molecule has 7 heteroatoms. The number of nitrogens with one attached hydrogen (secondary N) is 2. The normalized spacial score (nSPS) is 14.4. The third-order valence-electron chi connectivity index (χ3n) is 4.26. The Labute approximate surface area is 151 Å². The zero-order chi connectivity index (χ0) is 17.8. The molecule has 25 heavy (non-hydrogen) atoms. The molecule has 1 aromatic carbocycles. The van der Waals surface area contributed by atoms with Crippen LogP contribution in [0.4, 0.5) is 5.69 Å². The van der Waals surface area contributed by atoms with Gasteiger partial charge in [0.2, 0.25) is 0 Å². The summed E-state index contributed by atoms with van der Waals surface area (Å²) in [5, 5.41) is 3.19. The van der Waals surface area contributed by atoms with Crippen LogP contribution in [0.1, 0.15) is 41.1 Å². The van der Waals surface area contributed by atoms with Crippen molar-refractivity contribution in [2.75, 3.05) is 18.0 Å². The first-order valence-electron chi connectivity index (χ1n) is 8.42. The van der Waals surface area contributed by atoms with Gasteiger partial charge in [-0.1, -0.05) is 11.6 Å². The molecule has 0 saturated carbocycles. The number of aromatic amines is 1. The van der Waals surface area contributed by atoms with Gasteiger partial charge in [0.25, 0.3) is 11.5 Å². The highest BCUT2D eigenvalue weighted by Gasteiger charge is 2.16. The van der Waals surface area contributed by atoms with Gasteiger partial charge < -0.3 is 15.2 Å². The molecule has 2 aromatic rings. The summed E-state index contributed by atoms with van der Waals surface area (Å²) in [5.41, 5.74) is 1.73. The Morgan fingerprint density at radius 2 is 2.04 bits per heavy atom. The molecular weight excluding hydrogens is 340 g/mol. The fraction of sp³-hybridized carbons (Fsp3) is 0.389. The minimum absolute atomic E-state index is 0.174. The van der Waals surface area contributed by atoms with Crippen LogP contribution < -0.4 is 15.8 Å². The van der Waals surface area contributed by atoms with Crippen LogP contribution in [0.5, 0.6) is 0 Å². The van der Waals surface area contributed by atoms with E-state index in [0.717, 1.165) is 31.6 Å². The third kappa shape index (κ3) is 4.39. The minimum atomic E-state index is -0.274. The first-order valence-corrected chi connectivity index (χ1v) is 8.80. The maximum atomic E-state index is 12.5. The van der Waals surface area contributed by atoms with Gasteiger partial charge in [-0.25, -0.2) is 4.98 Å². The number of nitrogens with zero attached hydrogens (tertiary/aromatic N) is 2. The average molecular weight is 361 g/mol. The van der Waals surface area contributed by atoms with E-state index in [1.54, 1.807) is 13.0 Å². The standard InChI is InChI=1S/C18H21ClN4O2/c1-12-21-13(9-17(24)22-12)11-20-18(25)15-10-14(5-6-16(15)19)23-7-3-2-4-8-23/h5-6,9-10H,2-4,7-8,11H2,1H3,(H,20,25)(H,21,22,24). The lowest BCUT2D eigenvalue weighted by Crippen LogP contribution is -2.30. The van der Waals surface area contributed by atoms with Crippen molar-refractivity contribution in [3.8, 4) is 0 Å². The van der Waals surface area contributed by atoms with E-state index in [4.69, 9.17) is 11.6 Å². The van der Waals surface area contributed by atoms with Crippen LogP contribution in [0.25, 0.3) is 0 Å². The summed E-state index contributed by atoms with van der Waals surface area (Å²) in [7, 11) is 0. The van der Waals surface area contributed by atoms with Crippen LogP contribution in [0.3, 0.4) is 0 Å². The number of aryl methyl sites for hydroxylation is 1. The molecule has 3 rings (SSSR count). The maximum absolute atomic E-state index is 12.5. The quantitative estimate of drug-likeness (QED) is 0.878. The Morgan fingerprint density at radius 1 is 1.28 bits per heavy atom. The van der Waals surface area contributed by atoms with Gasteiger partial charge in [-0.15, -0.1) is 0 Å². The van der Waals surface area contributed by atoms with E-state index >= 15 is 0 Å². The predicted octanol–water partition coefficient (Wildman–Crippen LogP) is 2.65. The summed E-state index contributed by atoms with van der Waals surface area (Å²) >= 11 is 6.21. The summed E-state index contributed by atoms with van der Waals surface area (Å²) < 4.78 is 0. The Hall–Kier alpha value is -2.34. The number of amides is 1. The van der Waals surface area contributed by atoms with Crippen LogP contribution in [-0.4, -0.2) is 29.0 Å². The molecule has 2 heterocycles. The SMILES string of the molecule is Cc1nc(CNC(=O)c2cc(N3CCCCC3)ccc2Cl)cc(=O)[nH]1. The van der Waals surface area contributed by atoms with E-state index in [1.165, 1.54) is 12.5 Å². The van der Waals surface area contributed by atoms with Crippen LogP contribution >= 0.6 is 11.6 Å². The number of halogens is 1. The molecule has 1 aromatic heterocycles. The highest BCUT2D eigenvalue weighted by molar-refractivity contribution is 6.34. The Balaban J connectivity index is 1.73. The van der Waals surface area contributed by atoms with Crippen LogP contribution in [0.2, 0.25) is 5.02 Å². The van der Waals surface area contributed by atoms with Crippen molar-refractivity contribution in [3.05, 3.63) is 56.7 Å². The van der Waals surface area contributed by atoms with Gasteiger partial charge in [-0.3, -0.25) is 9.59 Å². The second kappa shape index (κ2) is 7.70.